The van der Waals surface area contributed by atoms with E-state index >= 15 is 0 Å². The van der Waals surface area contributed by atoms with Crippen molar-refractivity contribution in [2.75, 3.05) is 50.3 Å². The Hall–Kier alpha value is -3.16. The van der Waals surface area contributed by atoms with Crippen molar-refractivity contribution in [3.63, 3.8) is 0 Å². The molecule has 164 valence electrons. The molecule has 3 aromatic carbocycles. The van der Waals surface area contributed by atoms with Crippen molar-refractivity contribution < 1.29 is 13.7 Å². The van der Waals surface area contributed by atoms with E-state index in [4.69, 9.17) is 8.92 Å². The summed E-state index contributed by atoms with van der Waals surface area (Å²) in [6, 6.07) is 21.9. The van der Waals surface area contributed by atoms with Crippen LogP contribution in [0.5, 0.6) is 5.75 Å². The highest BCUT2D eigenvalue weighted by Crippen LogP contribution is 2.33. The van der Waals surface area contributed by atoms with Crippen molar-refractivity contribution in [2.24, 2.45) is 0 Å². The third-order valence-corrected chi connectivity index (χ3v) is 5.13. The first-order valence-corrected chi connectivity index (χ1v) is 10.4. The Bertz CT molecular complexity index is 965. The van der Waals surface area contributed by atoms with E-state index in [-0.39, 0.29) is 0 Å². The van der Waals surface area contributed by atoms with E-state index in [0.717, 1.165) is 23.3 Å². The average Bonchev–Trinajstić information content (AvgIpc) is 2.84. The van der Waals surface area contributed by atoms with Crippen LogP contribution in [0.2, 0.25) is 0 Å². The van der Waals surface area contributed by atoms with Crippen LogP contribution < -0.4 is 19.7 Å². The van der Waals surface area contributed by atoms with Gasteiger partial charge in [0.1, 0.15) is 18.0 Å². The first-order valence-electron chi connectivity index (χ1n) is 9.70. The summed E-state index contributed by atoms with van der Waals surface area (Å²) in [6.07, 6.45) is 0.777. The van der Waals surface area contributed by atoms with Crippen molar-refractivity contribution in [1.29, 1.82) is 0 Å². The van der Waals surface area contributed by atoms with E-state index in [1.165, 1.54) is 23.4 Å². The van der Waals surface area contributed by atoms with Crippen LogP contribution in [-0.4, -0.2) is 41.6 Å². The number of para-hydroxylation sites is 1. The van der Waals surface area contributed by atoms with Crippen molar-refractivity contribution in [3.05, 3.63) is 72.3 Å². The van der Waals surface area contributed by atoms with Crippen molar-refractivity contribution >= 4 is 35.6 Å². The summed E-state index contributed by atoms with van der Waals surface area (Å²) >= 11 is 1.31. The number of nitrogens with one attached hydrogen (secondary N) is 2. The molecule has 6 nitrogen and oxygen atoms in total. The Morgan fingerprint density at radius 1 is 0.903 bits per heavy atom. The van der Waals surface area contributed by atoms with E-state index in [1.54, 1.807) is 32.4 Å². The van der Waals surface area contributed by atoms with Gasteiger partial charge in [0.2, 0.25) is 0 Å². The summed E-state index contributed by atoms with van der Waals surface area (Å²) < 4.78 is 12.0. The molecule has 3 aromatic rings. The van der Waals surface area contributed by atoms with E-state index < -0.39 is 0 Å². The van der Waals surface area contributed by atoms with Gasteiger partial charge in [-0.05, 0) is 47.5 Å². The van der Waals surface area contributed by atoms with E-state index in [9.17, 15) is 4.79 Å². The summed E-state index contributed by atoms with van der Waals surface area (Å²) in [6.45, 7) is 0. The Labute approximate surface area is 188 Å². The highest BCUT2D eigenvalue weighted by atomic mass is 32.2. The molecule has 0 aliphatic rings. The quantitative estimate of drug-likeness (QED) is 0.269. The SMILES string of the molecule is CNc1ccc(-c2ccc(N(C)SOC)c(NC)c2)cc1.COc1ccccc1C=O. The third kappa shape index (κ3) is 6.67. The lowest BCUT2D eigenvalue weighted by Crippen LogP contribution is -2.09. The second-order valence-electron chi connectivity index (χ2n) is 6.41. The summed E-state index contributed by atoms with van der Waals surface area (Å²) in [4.78, 5) is 10.3. The van der Waals surface area contributed by atoms with Gasteiger partial charge < -0.3 is 19.6 Å². The smallest absolute Gasteiger partial charge is 0.153 e. The molecular formula is C24H29N3O3S. The third-order valence-electron chi connectivity index (χ3n) is 4.56. The van der Waals surface area contributed by atoms with Gasteiger partial charge >= 0.3 is 0 Å². The molecule has 0 radical (unpaired) electrons. The van der Waals surface area contributed by atoms with Gasteiger partial charge in [-0.25, -0.2) is 0 Å². The number of anilines is 3. The zero-order valence-corrected chi connectivity index (χ0v) is 19.3. The summed E-state index contributed by atoms with van der Waals surface area (Å²) in [5, 5.41) is 6.38. The number of benzene rings is 3. The predicted octanol–water partition coefficient (Wildman–Crippen LogP) is 5.59. The van der Waals surface area contributed by atoms with Gasteiger partial charge in [-0.2, -0.15) is 0 Å². The van der Waals surface area contributed by atoms with Crippen molar-refractivity contribution in [3.8, 4) is 16.9 Å². The Morgan fingerprint density at radius 3 is 2.13 bits per heavy atom. The zero-order chi connectivity index (χ0) is 22.6. The van der Waals surface area contributed by atoms with Crippen LogP contribution in [0.4, 0.5) is 17.1 Å². The summed E-state index contributed by atoms with van der Waals surface area (Å²) in [5.74, 6) is 0.623. The van der Waals surface area contributed by atoms with Crippen LogP contribution in [0.25, 0.3) is 11.1 Å². The zero-order valence-electron chi connectivity index (χ0n) is 18.5. The minimum Gasteiger partial charge on any atom is -0.496 e. The molecule has 0 unspecified atom stereocenters. The molecule has 2 N–H and O–H groups in total. The highest BCUT2D eigenvalue weighted by Gasteiger charge is 2.09. The van der Waals surface area contributed by atoms with Crippen LogP contribution in [0.3, 0.4) is 0 Å². The fraction of sp³-hybridized carbons (Fsp3) is 0.208. The molecule has 0 bridgehead atoms. The van der Waals surface area contributed by atoms with Gasteiger partial charge in [0.05, 0.1) is 31.2 Å². The van der Waals surface area contributed by atoms with Gasteiger partial charge in [0.15, 0.2) is 6.29 Å². The van der Waals surface area contributed by atoms with Crippen LogP contribution in [-0.2, 0) is 4.18 Å². The second-order valence-corrected chi connectivity index (χ2v) is 7.44. The minimum atomic E-state index is 0.588. The maximum atomic E-state index is 10.3. The molecule has 0 spiro atoms. The molecule has 7 heteroatoms. The van der Waals surface area contributed by atoms with E-state index in [1.807, 2.05) is 31.5 Å². The standard InChI is InChI=1S/C16H21N3OS.C8H8O2/c1-17-14-8-5-12(6-9-14)13-7-10-16(15(11-13)18-2)19(3)21-20-4;1-10-8-5-3-2-4-7(8)6-9/h5-11,17-18H,1-4H3;2-6H,1H3. The Kier molecular flexibility index (Phi) is 9.74. The van der Waals surface area contributed by atoms with Crippen LogP contribution >= 0.6 is 12.2 Å². The number of carbonyl (C=O) groups is 1. The van der Waals surface area contributed by atoms with Gasteiger partial charge in [0.25, 0.3) is 0 Å². The van der Waals surface area contributed by atoms with Crippen molar-refractivity contribution in [2.45, 2.75) is 0 Å². The molecule has 0 saturated carbocycles. The molecule has 0 saturated heterocycles. The van der Waals surface area contributed by atoms with Gasteiger partial charge in [0, 0.05) is 26.8 Å². The van der Waals surface area contributed by atoms with E-state index in [2.05, 4.69) is 53.1 Å². The molecule has 3 rings (SSSR count). The monoisotopic (exact) mass is 439 g/mol. The van der Waals surface area contributed by atoms with E-state index in [0.29, 0.717) is 11.3 Å². The molecular weight excluding hydrogens is 410 g/mol. The number of rotatable bonds is 8. The molecule has 0 aliphatic carbocycles. The highest BCUT2D eigenvalue weighted by molar-refractivity contribution is 7.96. The normalized spacial score (nSPS) is 9.84. The van der Waals surface area contributed by atoms with Gasteiger partial charge in [-0.15, -0.1) is 0 Å². The number of hydrogen-bond acceptors (Lipinski definition) is 7. The summed E-state index contributed by atoms with van der Waals surface area (Å²) in [5.41, 5.74) is 6.23. The lowest BCUT2D eigenvalue weighted by Gasteiger charge is -2.20. The summed E-state index contributed by atoms with van der Waals surface area (Å²) in [7, 11) is 9.04. The molecule has 0 aliphatic heterocycles. The number of ether oxygens (including phenoxy) is 1. The van der Waals surface area contributed by atoms with Gasteiger partial charge in [-0.1, -0.05) is 30.3 Å². The number of carbonyl (C=O) groups excluding carboxylic acids is 1. The maximum absolute atomic E-state index is 10.3. The fourth-order valence-electron chi connectivity index (χ4n) is 2.94. The van der Waals surface area contributed by atoms with Crippen LogP contribution in [0.1, 0.15) is 10.4 Å². The lowest BCUT2D eigenvalue weighted by atomic mass is 10.0. The Morgan fingerprint density at radius 2 is 1.58 bits per heavy atom. The lowest BCUT2D eigenvalue weighted by molar-refractivity contribution is 0.112. The number of nitrogens with zero attached hydrogens (tertiary/aromatic N) is 1. The average molecular weight is 440 g/mol. The van der Waals surface area contributed by atoms with Crippen LogP contribution in [0.15, 0.2) is 66.7 Å². The molecule has 0 atom stereocenters. The van der Waals surface area contributed by atoms with Crippen LogP contribution in [0, 0.1) is 0 Å². The minimum absolute atomic E-state index is 0.588. The molecule has 0 heterocycles. The Balaban J connectivity index is 0.000000285. The number of aldehydes is 1. The first-order chi connectivity index (χ1) is 15.1. The number of hydrogen-bond donors (Lipinski definition) is 2. The first kappa shape index (κ1) is 24.1. The van der Waals surface area contributed by atoms with Gasteiger partial charge in [-0.3, -0.25) is 9.10 Å². The number of methoxy groups -OCH3 is 1. The second kappa shape index (κ2) is 12.5. The predicted molar refractivity (Wildman–Crippen MR) is 132 cm³/mol. The molecule has 0 fully saturated rings. The van der Waals surface area contributed by atoms with Crippen molar-refractivity contribution in [1.82, 2.24) is 0 Å². The topological polar surface area (TPSA) is 62.8 Å². The molecule has 0 aromatic heterocycles. The fourth-order valence-corrected chi connectivity index (χ4v) is 3.40. The molecule has 0 amide bonds. The molecule has 31 heavy (non-hydrogen) atoms. The maximum Gasteiger partial charge on any atom is 0.153 e. The largest absolute Gasteiger partial charge is 0.496 e.